The fourth-order valence-electron chi connectivity index (χ4n) is 2.02. The maximum absolute atomic E-state index is 5.95. The van der Waals surface area contributed by atoms with Gasteiger partial charge >= 0.3 is 0 Å². The Bertz CT molecular complexity index is 772. The first-order valence-electron chi connectivity index (χ1n) is 6.00. The summed E-state index contributed by atoms with van der Waals surface area (Å²) in [5, 5.41) is 6.46. The Morgan fingerprint density at radius 3 is 2.85 bits per heavy atom. The van der Waals surface area contributed by atoms with Gasteiger partial charge < -0.3 is 10.1 Å². The van der Waals surface area contributed by atoms with Crippen LogP contribution in [-0.4, -0.2) is 17.1 Å². The van der Waals surface area contributed by atoms with Crippen LogP contribution in [-0.2, 0) is 0 Å². The van der Waals surface area contributed by atoms with E-state index in [1.807, 2.05) is 36.6 Å². The third-order valence-corrected chi connectivity index (χ3v) is 3.93. The van der Waals surface area contributed by atoms with Crippen LogP contribution in [0.25, 0.3) is 10.2 Å². The maximum atomic E-state index is 5.95. The summed E-state index contributed by atoms with van der Waals surface area (Å²) in [6.45, 7) is 2.00. The van der Waals surface area contributed by atoms with E-state index in [4.69, 9.17) is 16.3 Å². The first-order chi connectivity index (χ1) is 9.67. The number of fused-ring (bicyclic) bond motifs is 1. The van der Waals surface area contributed by atoms with E-state index in [1.165, 1.54) is 11.3 Å². The molecular formula is C14H12ClN3OS. The summed E-state index contributed by atoms with van der Waals surface area (Å²) in [7, 11) is 1.66. The van der Waals surface area contributed by atoms with Crippen LogP contribution in [0.3, 0.4) is 0 Å². The van der Waals surface area contributed by atoms with Gasteiger partial charge in [-0.25, -0.2) is 4.98 Å². The van der Waals surface area contributed by atoms with Gasteiger partial charge in [-0.15, -0.1) is 11.3 Å². The van der Waals surface area contributed by atoms with Gasteiger partial charge in [0.25, 0.3) is 0 Å². The van der Waals surface area contributed by atoms with Gasteiger partial charge in [0.05, 0.1) is 12.5 Å². The summed E-state index contributed by atoms with van der Waals surface area (Å²) in [5.74, 6) is 1.57. The molecule has 0 spiro atoms. The second kappa shape index (κ2) is 5.26. The first kappa shape index (κ1) is 13.1. The van der Waals surface area contributed by atoms with Gasteiger partial charge in [-0.2, -0.15) is 4.98 Å². The summed E-state index contributed by atoms with van der Waals surface area (Å²) >= 11 is 7.49. The summed E-state index contributed by atoms with van der Waals surface area (Å²) in [4.78, 5) is 9.33. The van der Waals surface area contributed by atoms with Gasteiger partial charge in [-0.05, 0) is 53.7 Å². The van der Waals surface area contributed by atoms with Crippen LogP contribution in [0.4, 0.5) is 11.5 Å². The predicted octanol–water partition coefficient (Wildman–Crippen LogP) is 4.41. The summed E-state index contributed by atoms with van der Waals surface area (Å²) < 4.78 is 5.25. The van der Waals surface area contributed by atoms with E-state index in [1.54, 1.807) is 7.11 Å². The number of hydrogen-bond donors (Lipinski definition) is 1. The van der Waals surface area contributed by atoms with Crippen molar-refractivity contribution >= 4 is 44.7 Å². The zero-order chi connectivity index (χ0) is 14.1. The number of methoxy groups -OCH3 is 1. The number of anilines is 2. The number of aromatic nitrogens is 2. The molecule has 2 aromatic heterocycles. The van der Waals surface area contributed by atoms with Crippen molar-refractivity contribution in [1.82, 2.24) is 9.97 Å². The molecule has 1 N–H and O–H groups in total. The van der Waals surface area contributed by atoms with Gasteiger partial charge in [0.2, 0.25) is 5.28 Å². The lowest BCUT2D eigenvalue weighted by atomic mass is 10.2. The Morgan fingerprint density at radius 1 is 1.25 bits per heavy atom. The van der Waals surface area contributed by atoms with E-state index in [-0.39, 0.29) is 5.28 Å². The number of nitrogens with one attached hydrogen (secondary N) is 1. The van der Waals surface area contributed by atoms with Crippen molar-refractivity contribution in [1.29, 1.82) is 0 Å². The van der Waals surface area contributed by atoms with Crippen molar-refractivity contribution in [2.45, 2.75) is 6.92 Å². The van der Waals surface area contributed by atoms with E-state index in [2.05, 4.69) is 15.3 Å². The van der Waals surface area contributed by atoms with Gasteiger partial charge in [0, 0.05) is 5.69 Å². The number of nitrogens with zero attached hydrogens (tertiary/aromatic N) is 2. The number of benzene rings is 1. The van der Waals surface area contributed by atoms with Crippen LogP contribution >= 0.6 is 22.9 Å². The highest BCUT2D eigenvalue weighted by Gasteiger charge is 2.08. The smallest absolute Gasteiger partial charge is 0.225 e. The monoisotopic (exact) mass is 305 g/mol. The summed E-state index contributed by atoms with van der Waals surface area (Å²) in [6, 6.07) is 7.85. The number of thiophene rings is 1. The lowest BCUT2D eigenvalue weighted by molar-refractivity contribution is 0.412. The van der Waals surface area contributed by atoms with E-state index >= 15 is 0 Å². The van der Waals surface area contributed by atoms with Gasteiger partial charge in [0.1, 0.15) is 16.4 Å². The Kier molecular flexibility index (Phi) is 3.46. The highest BCUT2D eigenvalue weighted by atomic mass is 35.5. The molecule has 0 aliphatic carbocycles. The molecule has 0 radical (unpaired) electrons. The van der Waals surface area contributed by atoms with E-state index in [0.29, 0.717) is 5.82 Å². The third-order valence-electron chi connectivity index (χ3n) is 2.96. The largest absolute Gasteiger partial charge is 0.496 e. The normalized spacial score (nSPS) is 10.8. The van der Waals surface area contributed by atoms with Crippen LogP contribution in [0.2, 0.25) is 5.28 Å². The van der Waals surface area contributed by atoms with E-state index < -0.39 is 0 Å². The minimum absolute atomic E-state index is 0.243. The summed E-state index contributed by atoms with van der Waals surface area (Å²) in [6.07, 6.45) is 0. The molecule has 0 saturated heterocycles. The van der Waals surface area contributed by atoms with Crippen molar-refractivity contribution in [2.75, 3.05) is 12.4 Å². The number of aryl methyl sites for hydroxylation is 1. The molecule has 0 aliphatic heterocycles. The standard InChI is InChI=1S/C14H12ClN3OS/c1-8-7-9(3-4-11(8)19-2)16-12-10-5-6-20-13(10)18-14(15)17-12/h3-7H,1-2H3,(H,16,17,18). The van der Waals surface area contributed by atoms with Gasteiger partial charge in [-0.3, -0.25) is 0 Å². The zero-order valence-corrected chi connectivity index (χ0v) is 12.5. The van der Waals surface area contributed by atoms with Crippen molar-refractivity contribution in [3.63, 3.8) is 0 Å². The molecule has 0 amide bonds. The number of hydrogen-bond acceptors (Lipinski definition) is 5. The minimum atomic E-state index is 0.243. The number of rotatable bonds is 3. The SMILES string of the molecule is COc1ccc(Nc2nc(Cl)nc3sccc23)cc1C. The molecule has 3 rings (SSSR count). The summed E-state index contributed by atoms with van der Waals surface area (Å²) in [5.41, 5.74) is 1.99. The Morgan fingerprint density at radius 2 is 2.10 bits per heavy atom. The second-order valence-electron chi connectivity index (χ2n) is 4.29. The molecule has 0 unspecified atom stereocenters. The molecule has 4 nitrogen and oxygen atoms in total. The molecule has 0 bridgehead atoms. The zero-order valence-electron chi connectivity index (χ0n) is 11.0. The molecule has 0 atom stereocenters. The molecule has 6 heteroatoms. The van der Waals surface area contributed by atoms with Crippen molar-refractivity contribution in [3.05, 3.63) is 40.5 Å². The molecular weight excluding hydrogens is 294 g/mol. The molecule has 102 valence electrons. The first-order valence-corrected chi connectivity index (χ1v) is 7.25. The molecule has 0 aliphatic rings. The average molecular weight is 306 g/mol. The third kappa shape index (κ3) is 2.42. The van der Waals surface area contributed by atoms with Crippen molar-refractivity contribution < 1.29 is 4.74 Å². The highest BCUT2D eigenvalue weighted by Crippen LogP contribution is 2.30. The highest BCUT2D eigenvalue weighted by molar-refractivity contribution is 7.16. The maximum Gasteiger partial charge on any atom is 0.225 e. The molecule has 1 aromatic carbocycles. The van der Waals surface area contributed by atoms with Crippen LogP contribution in [0.1, 0.15) is 5.56 Å². The fourth-order valence-corrected chi connectivity index (χ4v) is 3.00. The van der Waals surface area contributed by atoms with E-state index in [0.717, 1.165) is 27.2 Å². The van der Waals surface area contributed by atoms with Crippen molar-refractivity contribution in [3.8, 4) is 5.75 Å². The minimum Gasteiger partial charge on any atom is -0.496 e. The molecule has 20 heavy (non-hydrogen) atoms. The number of halogens is 1. The Hall–Kier alpha value is -1.85. The molecule has 3 aromatic rings. The van der Waals surface area contributed by atoms with Crippen molar-refractivity contribution in [2.24, 2.45) is 0 Å². The Labute approximate surface area is 125 Å². The van der Waals surface area contributed by atoms with Crippen LogP contribution in [0, 0.1) is 6.92 Å². The second-order valence-corrected chi connectivity index (χ2v) is 5.52. The van der Waals surface area contributed by atoms with Gasteiger partial charge in [0.15, 0.2) is 0 Å². The fraction of sp³-hybridized carbons (Fsp3) is 0.143. The van der Waals surface area contributed by atoms with Crippen LogP contribution < -0.4 is 10.1 Å². The quantitative estimate of drug-likeness (QED) is 0.728. The Balaban J connectivity index is 2.00. The van der Waals surface area contributed by atoms with Crippen LogP contribution in [0.15, 0.2) is 29.6 Å². The van der Waals surface area contributed by atoms with Gasteiger partial charge in [-0.1, -0.05) is 0 Å². The lowest BCUT2D eigenvalue weighted by Gasteiger charge is -2.10. The predicted molar refractivity (Wildman–Crippen MR) is 83.4 cm³/mol. The lowest BCUT2D eigenvalue weighted by Crippen LogP contribution is -1.97. The van der Waals surface area contributed by atoms with Crippen LogP contribution in [0.5, 0.6) is 5.75 Å². The topological polar surface area (TPSA) is 47.0 Å². The number of ether oxygens (including phenoxy) is 1. The van der Waals surface area contributed by atoms with E-state index in [9.17, 15) is 0 Å². The molecule has 2 heterocycles. The average Bonchev–Trinajstić information content (AvgIpc) is 2.87. The molecule has 0 fully saturated rings. The molecule has 0 saturated carbocycles.